The second kappa shape index (κ2) is 3.42. The Morgan fingerprint density at radius 1 is 1.79 bits per heavy atom. The molecule has 5 nitrogen and oxygen atoms in total. The maximum absolute atomic E-state index is 11.8. The molecule has 1 aliphatic heterocycles. The second-order valence-corrected chi connectivity index (χ2v) is 3.72. The number of carbonyl (C=O) groups excluding carboxylic acids is 1. The number of amides is 1. The summed E-state index contributed by atoms with van der Waals surface area (Å²) in [7, 11) is 0. The fourth-order valence-electron chi connectivity index (χ4n) is 1.62. The van der Waals surface area contributed by atoms with Crippen LogP contribution < -0.4 is 5.73 Å². The number of likely N-dealkylation sites (tertiary alicyclic amines) is 1. The van der Waals surface area contributed by atoms with Crippen molar-refractivity contribution in [1.82, 2.24) is 15.1 Å². The molecule has 0 saturated carbocycles. The molecule has 1 saturated heterocycles. The van der Waals surface area contributed by atoms with Gasteiger partial charge in [-0.2, -0.15) is 5.10 Å². The first kappa shape index (κ1) is 9.21. The van der Waals surface area contributed by atoms with E-state index in [1.54, 1.807) is 11.1 Å². The Labute approximate surface area is 82.3 Å². The Bertz CT molecular complexity index is 340. The van der Waals surface area contributed by atoms with E-state index >= 15 is 0 Å². The van der Waals surface area contributed by atoms with Gasteiger partial charge in [0, 0.05) is 24.7 Å². The van der Waals surface area contributed by atoms with Crippen LogP contribution in [0.15, 0.2) is 6.20 Å². The van der Waals surface area contributed by atoms with Crippen LogP contribution in [-0.4, -0.2) is 40.6 Å². The van der Waals surface area contributed by atoms with E-state index in [2.05, 4.69) is 10.2 Å². The average Bonchev–Trinajstić information content (AvgIpc) is 2.49. The van der Waals surface area contributed by atoms with Crippen LogP contribution in [0.5, 0.6) is 0 Å². The highest BCUT2D eigenvalue weighted by Gasteiger charge is 2.30. The van der Waals surface area contributed by atoms with Gasteiger partial charge in [-0.05, 0) is 13.5 Å². The average molecular weight is 194 g/mol. The number of carbonyl (C=O) groups is 1. The number of nitrogens with one attached hydrogen (secondary N) is 1. The molecule has 0 atom stereocenters. The monoisotopic (exact) mass is 194 g/mol. The Balaban J connectivity index is 2.01. The fourth-order valence-corrected chi connectivity index (χ4v) is 1.62. The summed E-state index contributed by atoms with van der Waals surface area (Å²) in [5.41, 5.74) is 6.98. The van der Waals surface area contributed by atoms with Gasteiger partial charge in [0.2, 0.25) is 0 Å². The van der Waals surface area contributed by atoms with Crippen LogP contribution in [0.25, 0.3) is 0 Å². The molecule has 0 aliphatic carbocycles. The number of hydrogen-bond donors (Lipinski definition) is 2. The van der Waals surface area contributed by atoms with Gasteiger partial charge in [-0.15, -0.1) is 0 Å². The van der Waals surface area contributed by atoms with Gasteiger partial charge in [0.15, 0.2) is 0 Å². The lowest BCUT2D eigenvalue weighted by Crippen LogP contribution is -2.52. The standard InChI is InChI=1S/C9H14N4O/c1-6-8(3-11-12-6)9(14)13-4-7(2-10)5-13/h3,7H,2,4-5,10H2,1H3,(H,11,12). The first-order valence-corrected chi connectivity index (χ1v) is 4.71. The molecule has 0 radical (unpaired) electrons. The minimum absolute atomic E-state index is 0.0564. The van der Waals surface area contributed by atoms with Crippen LogP contribution in [0, 0.1) is 12.8 Å². The summed E-state index contributed by atoms with van der Waals surface area (Å²) in [4.78, 5) is 13.6. The van der Waals surface area contributed by atoms with Crippen molar-refractivity contribution >= 4 is 5.91 Å². The highest BCUT2D eigenvalue weighted by Crippen LogP contribution is 2.18. The molecular weight excluding hydrogens is 180 g/mol. The smallest absolute Gasteiger partial charge is 0.257 e. The van der Waals surface area contributed by atoms with E-state index in [1.807, 2.05) is 6.92 Å². The predicted octanol–water partition coefficient (Wildman–Crippen LogP) is -0.251. The number of aromatic amines is 1. The number of rotatable bonds is 2. The molecule has 2 heterocycles. The second-order valence-electron chi connectivity index (χ2n) is 3.72. The van der Waals surface area contributed by atoms with Crippen molar-refractivity contribution in [3.05, 3.63) is 17.5 Å². The van der Waals surface area contributed by atoms with Crippen molar-refractivity contribution in [2.45, 2.75) is 6.92 Å². The quantitative estimate of drug-likeness (QED) is 0.681. The molecule has 2 rings (SSSR count). The van der Waals surface area contributed by atoms with E-state index in [0.29, 0.717) is 18.0 Å². The summed E-state index contributed by atoms with van der Waals surface area (Å²) in [6.07, 6.45) is 1.58. The first-order valence-electron chi connectivity index (χ1n) is 4.71. The summed E-state index contributed by atoms with van der Waals surface area (Å²) < 4.78 is 0. The number of nitrogens with two attached hydrogens (primary N) is 1. The molecule has 1 amide bonds. The predicted molar refractivity (Wildman–Crippen MR) is 51.8 cm³/mol. The first-order chi connectivity index (χ1) is 6.72. The molecule has 1 aliphatic rings. The van der Waals surface area contributed by atoms with Gasteiger partial charge in [-0.25, -0.2) is 0 Å². The summed E-state index contributed by atoms with van der Waals surface area (Å²) in [5, 5.41) is 6.58. The molecule has 1 fully saturated rings. The van der Waals surface area contributed by atoms with Crippen molar-refractivity contribution in [2.75, 3.05) is 19.6 Å². The van der Waals surface area contributed by atoms with Crippen LogP contribution in [0.3, 0.4) is 0 Å². The van der Waals surface area contributed by atoms with Crippen molar-refractivity contribution in [2.24, 2.45) is 11.7 Å². The van der Waals surface area contributed by atoms with E-state index in [9.17, 15) is 4.79 Å². The van der Waals surface area contributed by atoms with Crippen molar-refractivity contribution < 1.29 is 4.79 Å². The van der Waals surface area contributed by atoms with Crippen molar-refractivity contribution in [3.8, 4) is 0 Å². The Morgan fingerprint density at radius 3 is 3.00 bits per heavy atom. The van der Waals surface area contributed by atoms with Gasteiger partial charge in [0.1, 0.15) is 0 Å². The molecule has 1 aromatic rings. The molecule has 1 aromatic heterocycles. The number of hydrogen-bond acceptors (Lipinski definition) is 3. The number of H-pyrrole nitrogens is 1. The number of nitrogens with zero attached hydrogens (tertiary/aromatic N) is 2. The van der Waals surface area contributed by atoms with Gasteiger partial charge in [0.25, 0.3) is 5.91 Å². The molecule has 14 heavy (non-hydrogen) atoms. The molecular formula is C9H14N4O. The SMILES string of the molecule is Cc1[nH]ncc1C(=O)N1CC(CN)C1. The number of aromatic nitrogens is 2. The van der Waals surface area contributed by atoms with Gasteiger partial charge >= 0.3 is 0 Å². The van der Waals surface area contributed by atoms with E-state index in [4.69, 9.17) is 5.73 Å². The minimum Gasteiger partial charge on any atom is -0.338 e. The molecule has 76 valence electrons. The van der Waals surface area contributed by atoms with E-state index < -0.39 is 0 Å². The molecule has 3 N–H and O–H groups in total. The number of aryl methyl sites for hydroxylation is 1. The van der Waals surface area contributed by atoms with Crippen LogP contribution in [0.2, 0.25) is 0 Å². The molecule has 0 aromatic carbocycles. The third-order valence-electron chi connectivity index (χ3n) is 2.64. The van der Waals surface area contributed by atoms with E-state index in [0.717, 1.165) is 18.8 Å². The van der Waals surface area contributed by atoms with Gasteiger partial charge in [-0.3, -0.25) is 9.89 Å². The molecule has 0 spiro atoms. The maximum atomic E-state index is 11.8. The van der Waals surface area contributed by atoms with Crippen molar-refractivity contribution in [3.63, 3.8) is 0 Å². The largest absolute Gasteiger partial charge is 0.338 e. The van der Waals surface area contributed by atoms with E-state index in [1.165, 1.54) is 0 Å². The lowest BCUT2D eigenvalue weighted by molar-refractivity contribution is 0.0515. The maximum Gasteiger partial charge on any atom is 0.257 e. The summed E-state index contributed by atoms with van der Waals surface area (Å²) >= 11 is 0. The fraction of sp³-hybridized carbons (Fsp3) is 0.556. The van der Waals surface area contributed by atoms with Crippen LogP contribution in [0.4, 0.5) is 0 Å². The zero-order valence-corrected chi connectivity index (χ0v) is 8.16. The summed E-state index contributed by atoms with van der Waals surface area (Å²) in [6.45, 7) is 4.06. The van der Waals surface area contributed by atoms with Crippen LogP contribution in [-0.2, 0) is 0 Å². The molecule has 5 heteroatoms. The van der Waals surface area contributed by atoms with Crippen LogP contribution >= 0.6 is 0 Å². The Morgan fingerprint density at radius 2 is 2.50 bits per heavy atom. The van der Waals surface area contributed by atoms with Gasteiger partial charge in [-0.1, -0.05) is 0 Å². The van der Waals surface area contributed by atoms with Gasteiger partial charge < -0.3 is 10.6 Å². The lowest BCUT2D eigenvalue weighted by atomic mass is 9.99. The van der Waals surface area contributed by atoms with Gasteiger partial charge in [0.05, 0.1) is 11.8 Å². The topological polar surface area (TPSA) is 75.0 Å². The Hall–Kier alpha value is -1.36. The lowest BCUT2D eigenvalue weighted by Gasteiger charge is -2.38. The van der Waals surface area contributed by atoms with Crippen molar-refractivity contribution in [1.29, 1.82) is 0 Å². The summed E-state index contributed by atoms with van der Waals surface area (Å²) in [6, 6.07) is 0. The zero-order valence-electron chi connectivity index (χ0n) is 8.16. The zero-order chi connectivity index (χ0) is 10.1. The third-order valence-corrected chi connectivity index (χ3v) is 2.64. The normalized spacial score (nSPS) is 16.9. The minimum atomic E-state index is 0.0564. The third kappa shape index (κ3) is 1.39. The molecule has 0 bridgehead atoms. The van der Waals surface area contributed by atoms with Crippen LogP contribution in [0.1, 0.15) is 16.1 Å². The summed E-state index contributed by atoms with van der Waals surface area (Å²) in [5.74, 6) is 0.534. The highest BCUT2D eigenvalue weighted by molar-refractivity contribution is 5.95. The molecule has 0 unspecified atom stereocenters. The van der Waals surface area contributed by atoms with E-state index in [-0.39, 0.29) is 5.91 Å². The highest BCUT2D eigenvalue weighted by atomic mass is 16.2. The Kier molecular flexibility index (Phi) is 2.25.